The van der Waals surface area contributed by atoms with Crippen molar-refractivity contribution in [1.29, 1.82) is 0 Å². The Labute approximate surface area is 122 Å². The van der Waals surface area contributed by atoms with Gasteiger partial charge in [-0.25, -0.2) is 0 Å². The molecule has 1 heterocycles. The van der Waals surface area contributed by atoms with Crippen molar-refractivity contribution in [3.8, 4) is 0 Å². The van der Waals surface area contributed by atoms with Crippen LogP contribution in [0.15, 0.2) is 60.8 Å². The van der Waals surface area contributed by atoms with Crippen molar-refractivity contribution < 1.29 is 4.79 Å². The second-order valence-electron chi connectivity index (χ2n) is 4.67. The fourth-order valence-corrected chi connectivity index (χ4v) is 2.24. The third kappa shape index (κ3) is 2.69. The summed E-state index contributed by atoms with van der Waals surface area (Å²) in [4.78, 5) is 16.7. The zero-order valence-corrected chi connectivity index (χ0v) is 11.6. The van der Waals surface area contributed by atoms with E-state index in [1.54, 1.807) is 19.3 Å². The number of carbonyl (C=O) groups excluding carboxylic acids is 1. The highest BCUT2D eigenvalue weighted by atomic mass is 16.1. The second-order valence-corrected chi connectivity index (χ2v) is 4.67. The Morgan fingerprint density at radius 1 is 1.05 bits per heavy atom. The number of rotatable bonds is 3. The first kappa shape index (κ1) is 13.1. The van der Waals surface area contributed by atoms with Crippen LogP contribution < -0.4 is 10.6 Å². The number of hydrogen-bond acceptors (Lipinski definition) is 3. The number of benzene rings is 2. The molecule has 0 saturated heterocycles. The maximum Gasteiger partial charge on any atom is 0.257 e. The van der Waals surface area contributed by atoms with Crippen LogP contribution in [0.4, 0.5) is 11.4 Å². The Kier molecular flexibility index (Phi) is 3.51. The number of anilines is 2. The number of carbonyl (C=O) groups is 1. The molecule has 0 aliphatic heterocycles. The first-order chi connectivity index (χ1) is 10.3. The largest absolute Gasteiger partial charge is 0.387 e. The predicted octanol–water partition coefficient (Wildman–Crippen LogP) is 3.53. The topological polar surface area (TPSA) is 54.0 Å². The molecule has 0 unspecified atom stereocenters. The zero-order chi connectivity index (χ0) is 14.7. The van der Waals surface area contributed by atoms with E-state index in [0.717, 1.165) is 16.6 Å². The molecule has 4 nitrogen and oxygen atoms in total. The fourth-order valence-electron chi connectivity index (χ4n) is 2.24. The molecule has 1 aromatic heterocycles. The highest BCUT2D eigenvalue weighted by Gasteiger charge is 2.10. The summed E-state index contributed by atoms with van der Waals surface area (Å²) in [7, 11) is 1.80. The highest BCUT2D eigenvalue weighted by molar-refractivity contribution is 6.08. The minimum Gasteiger partial charge on any atom is -0.387 e. The van der Waals surface area contributed by atoms with Crippen molar-refractivity contribution in [3.63, 3.8) is 0 Å². The third-order valence-corrected chi connectivity index (χ3v) is 3.29. The van der Waals surface area contributed by atoms with Crippen LogP contribution in [-0.4, -0.2) is 17.9 Å². The average molecular weight is 277 g/mol. The van der Waals surface area contributed by atoms with Gasteiger partial charge in [-0.2, -0.15) is 0 Å². The lowest BCUT2D eigenvalue weighted by Gasteiger charge is -2.10. The van der Waals surface area contributed by atoms with Crippen LogP contribution in [0.1, 0.15) is 10.4 Å². The summed E-state index contributed by atoms with van der Waals surface area (Å²) in [5.74, 6) is -0.156. The Hall–Kier alpha value is -2.88. The van der Waals surface area contributed by atoms with E-state index in [9.17, 15) is 4.79 Å². The van der Waals surface area contributed by atoms with Crippen molar-refractivity contribution in [1.82, 2.24) is 4.98 Å². The highest BCUT2D eigenvalue weighted by Crippen LogP contribution is 2.19. The van der Waals surface area contributed by atoms with Gasteiger partial charge >= 0.3 is 0 Å². The van der Waals surface area contributed by atoms with Crippen LogP contribution in [0.2, 0.25) is 0 Å². The monoisotopic (exact) mass is 277 g/mol. The average Bonchev–Trinajstić information content (AvgIpc) is 2.54. The number of nitrogens with zero attached hydrogens (tertiary/aromatic N) is 1. The van der Waals surface area contributed by atoms with Crippen molar-refractivity contribution in [3.05, 3.63) is 66.4 Å². The maximum absolute atomic E-state index is 12.4. The van der Waals surface area contributed by atoms with Crippen LogP contribution in [-0.2, 0) is 0 Å². The third-order valence-electron chi connectivity index (χ3n) is 3.29. The van der Waals surface area contributed by atoms with Crippen molar-refractivity contribution >= 4 is 28.2 Å². The van der Waals surface area contributed by atoms with E-state index in [2.05, 4.69) is 15.6 Å². The second kappa shape index (κ2) is 5.63. The molecular formula is C17H15N3O. The Morgan fingerprint density at radius 3 is 2.67 bits per heavy atom. The number of fused-ring (bicyclic) bond motifs is 1. The molecule has 0 spiro atoms. The van der Waals surface area contributed by atoms with E-state index in [0.29, 0.717) is 11.3 Å². The molecule has 21 heavy (non-hydrogen) atoms. The standard InChI is InChI=1S/C17H15N3O/c1-18-16-9-5-3-7-14(16)17(21)20-13-10-12-6-2-4-8-15(12)19-11-13/h2-11,18H,1H3,(H,20,21). The molecule has 0 atom stereocenters. The normalized spacial score (nSPS) is 10.3. The van der Waals surface area contributed by atoms with Crippen LogP contribution in [0, 0.1) is 0 Å². The molecule has 104 valence electrons. The summed E-state index contributed by atoms with van der Waals surface area (Å²) in [5.41, 5.74) is 2.99. The molecule has 0 aliphatic rings. The molecule has 3 aromatic rings. The molecule has 4 heteroatoms. The molecule has 0 aliphatic carbocycles. The van der Waals surface area contributed by atoms with E-state index in [-0.39, 0.29) is 5.91 Å². The van der Waals surface area contributed by atoms with Crippen LogP contribution >= 0.6 is 0 Å². The summed E-state index contributed by atoms with van der Waals surface area (Å²) in [5, 5.41) is 6.90. The van der Waals surface area contributed by atoms with Gasteiger partial charge in [0.15, 0.2) is 0 Å². The van der Waals surface area contributed by atoms with Gasteiger partial charge in [-0.1, -0.05) is 30.3 Å². The molecule has 2 aromatic carbocycles. The summed E-state index contributed by atoms with van der Waals surface area (Å²) in [6.45, 7) is 0. The lowest BCUT2D eigenvalue weighted by Crippen LogP contribution is -2.14. The zero-order valence-electron chi connectivity index (χ0n) is 11.6. The van der Waals surface area contributed by atoms with Gasteiger partial charge < -0.3 is 10.6 Å². The number of nitrogens with one attached hydrogen (secondary N) is 2. The van der Waals surface area contributed by atoms with Crippen molar-refractivity contribution in [2.24, 2.45) is 0 Å². The number of para-hydroxylation sites is 2. The summed E-state index contributed by atoms with van der Waals surface area (Å²) in [6.07, 6.45) is 1.67. The molecule has 2 N–H and O–H groups in total. The van der Waals surface area contributed by atoms with Crippen molar-refractivity contribution in [2.45, 2.75) is 0 Å². The molecule has 1 amide bonds. The smallest absolute Gasteiger partial charge is 0.257 e. The number of aromatic nitrogens is 1. The van der Waals surface area contributed by atoms with E-state index in [4.69, 9.17) is 0 Å². The molecule has 0 radical (unpaired) electrons. The van der Waals surface area contributed by atoms with Crippen molar-refractivity contribution in [2.75, 3.05) is 17.7 Å². The Morgan fingerprint density at radius 2 is 1.81 bits per heavy atom. The minimum absolute atomic E-state index is 0.156. The molecule has 0 saturated carbocycles. The predicted molar refractivity (Wildman–Crippen MR) is 85.7 cm³/mol. The van der Waals surface area contributed by atoms with Gasteiger partial charge in [0.2, 0.25) is 0 Å². The van der Waals surface area contributed by atoms with E-state index >= 15 is 0 Å². The van der Waals surface area contributed by atoms with E-state index in [1.165, 1.54) is 0 Å². The Balaban J connectivity index is 1.89. The number of hydrogen-bond donors (Lipinski definition) is 2. The van der Waals surface area contributed by atoms with Gasteiger partial charge in [0.25, 0.3) is 5.91 Å². The van der Waals surface area contributed by atoms with Gasteiger partial charge in [0, 0.05) is 18.1 Å². The SMILES string of the molecule is CNc1ccccc1C(=O)Nc1cnc2ccccc2c1. The first-order valence-corrected chi connectivity index (χ1v) is 6.71. The molecule has 0 fully saturated rings. The van der Waals surface area contributed by atoms with E-state index < -0.39 is 0 Å². The lowest BCUT2D eigenvalue weighted by molar-refractivity contribution is 0.102. The molecular weight excluding hydrogens is 262 g/mol. The summed E-state index contributed by atoms with van der Waals surface area (Å²) in [6, 6.07) is 17.1. The first-order valence-electron chi connectivity index (χ1n) is 6.71. The molecule has 3 rings (SSSR count). The Bertz CT molecular complexity index is 799. The lowest BCUT2D eigenvalue weighted by atomic mass is 10.1. The van der Waals surface area contributed by atoms with Gasteiger partial charge in [-0.05, 0) is 24.3 Å². The molecule has 0 bridgehead atoms. The maximum atomic E-state index is 12.4. The van der Waals surface area contributed by atoms with E-state index in [1.807, 2.05) is 48.5 Å². The number of pyridine rings is 1. The number of amides is 1. The minimum atomic E-state index is -0.156. The van der Waals surface area contributed by atoms with Gasteiger partial charge in [-0.15, -0.1) is 0 Å². The van der Waals surface area contributed by atoms with Crippen LogP contribution in [0.25, 0.3) is 10.9 Å². The van der Waals surface area contributed by atoms with Crippen LogP contribution in [0.3, 0.4) is 0 Å². The van der Waals surface area contributed by atoms with Crippen LogP contribution in [0.5, 0.6) is 0 Å². The summed E-state index contributed by atoms with van der Waals surface area (Å²) >= 11 is 0. The van der Waals surface area contributed by atoms with Gasteiger partial charge in [0.05, 0.1) is 23.0 Å². The van der Waals surface area contributed by atoms with Gasteiger partial charge in [0.1, 0.15) is 0 Å². The fraction of sp³-hybridized carbons (Fsp3) is 0.0588. The quantitative estimate of drug-likeness (QED) is 0.770. The van der Waals surface area contributed by atoms with Gasteiger partial charge in [-0.3, -0.25) is 9.78 Å². The summed E-state index contributed by atoms with van der Waals surface area (Å²) < 4.78 is 0.